The second-order valence-corrected chi connectivity index (χ2v) is 11.0. The molecule has 0 radical (unpaired) electrons. The van der Waals surface area contributed by atoms with E-state index < -0.39 is 11.4 Å². The molecule has 0 aliphatic carbocycles. The molecule has 9 heteroatoms. The number of hydrogen-bond acceptors (Lipinski definition) is 7. The molecule has 0 aliphatic heterocycles. The number of benzene rings is 1. The van der Waals surface area contributed by atoms with Crippen LogP contribution in [0.5, 0.6) is 5.88 Å². The van der Waals surface area contributed by atoms with Crippen LogP contribution in [0.25, 0.3) is 0 Å². The number of amides is 1. The Balaban J connectivity index is 2.44. The molecule has 41 heavy (non-hydrogen) atoms. The lowest BCUT2D eigenvalue weighted by molar-refractivity contribution is 0.0685. The van der Waals surface area contributed by atoms with Gasteiger partial charge in [-0.1, -0.05) is 72.3 Å². The highest BCUT2D eigenvalue weighted by atomic mass is 16.3. The first-order chi connectivity index (χ1) is 19.6. The number of aromatic hydroxyl groups is 1. The van der Waals surface area contributed by atoms with E-state index in [4.69, 9.17) is 0 Å². The lowest BCUT2D eigenvalue weighted by Crippen LogP contribution is -2.39. The summed E-state index contributed by atoms with van der Waals surface area (Å²) in [5, 5.41) is 29.8. The van der Waals surface area contributed by atoms with Gasteiger partial charge >= 0.3 is 0 Å². The van der Waals surface area contributed by atoms with Crippen LogP contribution in [0.4, 0.5) is 11.4 Å². The van der Waals surface area contributed by atoms with Crippen LogP contribution in [0.1, 0.15) is 101 Å². The van der Waals surface area contributed by atoms with E-state index in [1.165, 1.54) is 5.01 Å². The van der Waals surface area contributed by atoms with Crippen molar-refractivity contribution in [3.63, 3.8) is 0 Å². The average molecular weight is 565 g/mol. The van der Waals surface area contributed by atoms with Gasteiger partial charge in [0.25, 0.3) is 11.5 Å². The fourth-order valence-electron chi connectivity index (χ4n) is 5.06. The zero-order valence-corrected chi connectivity index (χ0v) is 26.0. The summed E-state index contributed by atoms with van der Waals surface area (Å²) in [6, 6.07) is 8.93. The fourth-order valence-corrected chi connectivity index (χ4v) is 5.06. The maximum atomic E-state index is 13.9. The number of carbonyl (C=O) groups is 1. The SMILES string of the molecule is CCCCC(CC)CN(CC(CC)CCCC)C(=O)c1cccc(N=Nc2c(C)c(C#N)c(O)n(N(C)C)c2=O)c1. The van der Waals surface area contributed by atoms with Crippen molar-refractivity contribution >= 4 is 17.3 Å². The lowest BCUT2D eigenvalue weighted by atomic mass is 9.95. The van der Waals surface area contributed by atoms with E-state index in [-0.39, 0.29) is 22.7 Å². The maximum Gasteiger partial charge on any atom is 0.300 e. The normalized spacial score (nSPS) is 12.7. The molecule has 1 aromatic heterocycles. The molecule has 1 N–H and O–H groups in total. The second kappa shape index (κ2) is 16.6. The maximum absolute atomic E-state index is 13.9. The number of rotatable bonds is 16. The van der Waals surface area contributed by atoms with Gasteiger partial charge in [-0.3, -0.25) is 9.59 Å². The quantitative estimate of drug-likeness (QED) is 0.216. The monoisotopic (exact) mass is 564 g/mol. The van der Waals surface area contributed by atoms with Crippen LogP contribution in [0.15, 0.2) is 39.3 Å². The van der Waals surface area contributed by atoms with Gasteiger partial charge in [0.05, 0.1) is 5.69 Å². The number of hydrogen-bond donors (Lipinski definition) is 1. The molecule has 0 fully saturated rings. The number of azo groups is 1. The highest BCUT2D eigenvalue weighted by molar-refractivity contribution is 5.95. The average Bonchev–Trinajstić information content (AvgIpc) is 2.96. The summed E-state index contributed by atoms with van der Waals surface area (Å²) in [4.78, 5) is 29.0. The molecule has 1 heterocycles. The molecule has 0 bridgehead atoms. The molecule has 0 aliphatic rings. The molecule has 2 aromatic rings. The Labute approximate surface area is 245 Å². The summed E-state index contributed by atoms with van der Waals surface area (Å²) in [6.07, 6.45) is 8.88. The van der Waals surface area contributed by atoms with Gasteiger partial charge < -0.3 is 15.0 Å². The van der Waals surface area contributed by atoms with Gasteiger partial charge in [0.2, 0.25) is 5.88 Å². The van der Waals surface area contributed by atoms with E-state index in [1.54, 1.807) is 45.3 Å². The van der Waals surface area contributed by atoms with Crippen LogP contribution in [-0.4, -0.2) is 47.8 Å². The van der Waals surface area contributed by atoms with Gasteiger partial charge in [0.1, 0.15) is 11.6 Å². The third-order valence-corrected chi connectivity index (χ3v) is 7.75. The molecule has 1 aromatic carbocycles. The minimum Gasteiger partial charge on any atom is -0.492 e. The molecule has 1 amide bonds. The van der Waals surface area contributed by atoms with Crippen LogP contribution in [0, 0.1) is 30.1 Å². The van der Waals surface area contributed by atoms with E-state index in [2.05, 4.69) is 37.9 Å². The van der Waals surface area contributed by atoms with Gasteiger partial charge in [-0.25, -0.2) is 0 Å². The van der Waals surface area contributed by atoms with Crippen molar-refractivity contribution in [3.05, 3.63) is 51.3 Å². The van der Waals surface area contributed by atoms with Gasteiger partial charge in [0, 0.05) is 38.3 Å². The smallest absolute Gasteiger partial charge is 0.300 e. The van der Waals surface area contributed by atoms with Gasteiger partial charge in [-0.2, -0.15) is 15.1 Å². The van der Waals surface area contributed by atoms with E-state index in [1.807, 2.05) is 11.0 Å². The minimum atomic E-state index is -0.596. The zero-order chi connectivity index (χ0) is 30.5. The summed E-state index contributed by atoms with van der Waals surface area (Å²) >= 11 is 0. The molecular formula is C32H48N6O3. The number of carbonyl (C=O) groups excluding carboxylic acids is 1. The van der Waals surface area contributed by atoms with Crippen LogP contribution in [0.2, 0.25) is 0 Å². The Morgan fingerprint density at radius 1 is 1.02 bits per heavy atom. The number of unbranched alkanes of at least 4 members (excludes halogenated alkanes) is 2. The molecule has 2 unspecified atom stereocenters. The second-order valence-electron chi connectivity index (χ2n) is 11.0. The third-order valence-electron chi connectivity index (χ3n) is 7.75. The first-order valence-corrected chi connectivity index (χ1v) is 15.0. The van der Waals surface area contributed by atoms with Crippen LogP contribution in [0.3, 0.4) is 0 Å². The van der Waals surface area contributed by atoms with Crippen molar-refractivity contribution in [3.8, 4) is 11.9 Å². The molecule has 224 valence electrons. The molecule has 0 saturated carbocycles. The Bertz CT molecular complexity index is 1260. The molecule has 2 rings (SSSR count). The summed E-state index contributed by atoms with van der Waals surface area (Å²) in [5.74, 6) is 0.446. The van der Waals surface area contributed by atoms with Gasteiger partial charge in [-0.05, 0) is 49.8 Å². The molecule has 0 saturated heterocycles. The summed E-state index contributed by atoms with van der Waals surface area (Å²) < 4.78 is 0.975. The lowest BCUT2D eigenvalue weighted by Gasteiger charge is -2.31. The predicted octanol–water partition coefficient (Wildman–Crippen LogP) is 7.22. The Kier molecular flexibility index (Phi) is 13.5. The Morgan fingerprint density at radius 2 is 1.61 bits per heavy atom. The van der Waals surface area contributed by atoms with Crippen LogP contribution < -0.4 is 10.6 Å². The number of aromatic nitrogens is 1. The van der Waals surface area contributed by atoms with Gasteiger partial charge in [-0.15, -0.1) is 5.11 Å². The van der Waals surface area contributed by atoms with Crippen molar-refractivity contribution in [2.75, 3.05) is 32.2 Å². The first kappa shape index (κ1) is 33.5. The predicted molar refractivity (Wildman–Crippen MR) is 165 cm³/mol. The van der Waals surface area contributed by atoms with Crippen LogP contribution >= 0.6 is 0 Å². The summed E-state index contributed by atoms with van der Waals surface area (Å²) in [7, 11) is 3.16. The number of nitriles is 1. The van der Waals surface area contributed by atoms with Crippen LogP contribution in [-0.2, 0) is 0 Å². The largest absolute Gasteiger partial charge is 0.492 e. The van der Waals surface area contributed by atoms with Crippen molar-refractivity contribution in [2.24, 2.45) is 22.1 Å². The van der Waals surface area contributed by atoms with E-state index in [0.717, 1.165) is 69.1 Å². The van der Waals surface area contributed by atoms with E-state index in [9.17, 15) is 20.0 Å². The van der Waals surface area contributed by atoms with Crippen molar-refractivity contribution < 1.29 is 9.90 Å². The fraction of sp³-hybridized carbons (Fsp3) is 0.594. The van der Waals surface area contributed by atoms with Crippen molar-refractivity contribution in [2.45, 2.75) is 86.0 Å². The zero-order valence-electron chi connectivity index (χ0n) is 26.0. The van der Waals surface area contributed by atoms with Crippen molar-refractivity contribution in [1.29, 1.82) is 5.26 Å². The molecule has 9 nitrogen and oxygen atoms in total. The topological polar surface area (TPSA) is 114 Å². The first-order valence-electron chi connectivity index (χ1n) is 15.0. The standard InChI is InChI=1S/C32H48N6O3/c1-8-12-15-24(10-3)21-37(22-25(11-4)16-13-9-2)30(39)26-17-14-18-27(19-26)34-35-29-23(5)28(20-33)31(40)38(32(29)41)36(6)7/h14,17-19,24-25,40H,8-13,15-16,21-22H2,1-7H3. The van der Waals surface area contributed by atoms with E-state index in [0.29, 0.717) is 23.1 Å². The molecular weight excluding hydrogens is 516 g/mol. The Hall–Kier alpha value is -3.67. The highest BCUT2D eigenvalue weighted by Crippen LogP contribution is 2.27. The third kappa shape index (κ3) is 8.91. The summed E-state index contributed by atoms with van der Waals surface area (Å²) in [5.41, 5.74) is 0.507. The van der Waals surface area contributed by atoms with Crippen molar-refractivity contribution in [1.82, 2.24) is 9.58 Å². The molecule has 0 spiro atoms. The van der Waals surface area contributed by atoms with E-state index >= 15 is 0 Å². The number of pyridine rings is 1. The summed E-state index contributed by atoms with van der Waals surface area (Å²) in [6.45, 7) is 11.8. The number of nitrogens with zero attached hydrogens (tertiary/aromatic N) is 6. The Morgan fingerprint density at radius 3 is 2.10 bits per heavy atom. The van der Waals surface area contributed by atoms with Gasteiger partial charge in [0.15, 0.2) is 5.69 Å². The highest BCUT2D eigenvalue weighted by Gasteiger charge is 2.23. The minimum absolute atomic E-state index is 0.0190. The molecule has 2 atom stereocenters.